The summed E-state index contributed by atoms with van der Waals surface area (Å²) in [6, 6.07) is 7.50. The molecular formula is C7H5BrOS2. The summed E-state index contributed by atoms with van der Waals surface area (Å²) in [7, 11) is 0. The van der Waals surface area contributed by atoms with Crippen LogP contribution >= 0.6 is 40.3 Å². The zero-order valence-corrected chi connectivity index (χ0v) is 8.75. The molecule has 0 fully saturated rings. The quantitative estimate of drug-likeness (QED) is 0.605. The molecule has 0 aliphatic rings. The summed E-state index contributed by atoms with van der Waals surface area (Å²) in [4.78, 5) is 11.4. The van der Waals surface area contributed by atoms with E-state index in [1.165, 1.54) is 0 Å². The number of rotatable bonds is 1. The van der Waals surface area contributed by atoms with Crippen LogP contribution in [0, 0.1) is 0 Å². The lowest BCUT2D eigenvalue weighted by Gasteiger charge is -1.94. The molecular weight excluding hydrogens is 244 g/mol. The van der Waals surface area contributed by atoms with Crippen molar-refractivity contribution in [2.45, 2.75) is 4.90 Å². The first kappa shape index (κ1) is 9.16. The topological polar surface area (TPSA) is 17.1 Å². The molecule has 1 nitrogen and oxygen atoms in total. The van der Waals surface area contributed by atoms with Gasteiger partial charge in [0.05, 0.1) is 0 Å². The summed E-state index contributed by atoms with van der Waals surface area (Å²) in [5, 5.41) is 0. The van der Waals surface area contributed by atoms with E-state index in [1.807, 2.05) is 24.3 Å². The van der Waals surface area contributed by atoms with Gasteiger partial charge in [0.1, 0.15) is 0 Å². The molecule has 1 aromatic carbocycles. The van der Waals surface area contributed by atoms with E-state index in [4.69, 9.17) is 0 Å². The van der Waals surface area contributed by atoms with Crippen LogP contribution in [0.5, 0.6) is 0 Å². The van der Waals surface area contributed by atoms with Crippen LogP contribution in [0.25, 0.3) is 0 Å². The van der Waals surface area contributed by atoms with Crippen molar-refractivity contribution >= 4 is 44.8 Å². The normalized spacial score (nSPS) is 9.64. The molecule has 0 saturated carbocycles. The van der Waals surface area contributed by atoms with Crippen LogP contribution in [-0.4, -0.2) is 4.45 Å². The SMILES string of the molecule is O=C(S)Sc1ccc(Br)cc1. The zero-order chi connectivity index (χ0) is 8.27. The highest BCUT2D eigenvalue weighted by molar-refractivity contribution is 9.10. The van der Waals surface area contributed by atoms with Crippen LogP contribution in [0.2, 0.25) is 0 Å². The van der Waals surface area contributed by atoms with Crippen molar-refractivity contribution in [3.05, 3.63) is 28.7 Å². The Morgan fingerprint density at radius 3 is 2.36 bits per heavy atom. The Labute approximate surface area is 83.1 Å². The Balaban J connectivity index is 2.74. The minimum atomic E-state index is -0.188. The molecule has 0 heterocycles. The number of carbonyl (C=O) groups excluding carboxylic acids is 1. The van der Waals surface area contributed by atoms with E-state index in [1.54, 1.807) is 0 Å². The van der Waals surface area contributed by atoms with Gasteiger partial charge in [-0.05, 0) is 36.0 Å². The van der Waals surface area contributed by atoms with E-state index in [0.29, 0.717) is 0 Å². The summed E-state index contributed by atoms with van der Waals surface area (Å²) in [6.45, 7) is 0. The second-order valence-corrected chi connectivity index (χ2v) is 4.49. The Morgan fingerprint density at radius 1 is 1.36 bits per heavy atom. The molecule has 0 saturated heterocycles. The lowest BCUT2D eigenvalue weighted by molar-refractivity contribution is 0.277. The highest BCUT2D eigenvalue weighted by atomic mass is 79.9. The zero-order valence-electron chi connectivity index (χ0n) is 5.45. The molecule has 0 unspecified atom stereocenters. The van der Waals surface area contributed by atoms with Crippen LogP contribution in [0.15, 0.2) is 33.6 Å². The van der Waals surface area contributed by atoms with Crippen molar-refractivity contribution in [1.82, 2.24) is 0 Å². The third kappa shape index (κ3) is 3.31. The highest BCUT2D eigenvalue weighted by Crippen LogP contribution is 2.22. The Morgan fingerprint density at radius 2 is 1.91 bits per heavy atom. The first-order chi connectivity index (χ1) is 5.18. The highest BCUT2D eigenvalue weighted by Gasteiger charge is 1.97. The maximum Gasteiger partial charge on any atom is 0.247 e. The second-order valence-electron chi connectivity index (χ2n) is 1.82. The fourth-order valence-electron chi connectivity index (χ4n) is 0.603. The second kappa shape index (κ2) is 4.18. The van der Waals surface area contributed by atoms with Crippen LogP contribution in [0.4, 0.5) is 4.79 Å². The molecule has 0 bridgehead atoms. The summed E-state index contributed by atoms with van der Waals surface area (Å²) < 4.78 is 0.820. The molecule has 11 heavy (non-hydrogen) atoms. The number of hydrogen-bond acceptors (Lipinski definition) is 2. The predicted molar refractivity (Wildman–Crippen MR) is 54.4 cm³/mol. The van der Waals surface area contributed by atoms with Gasteiger partial charge in [-0.2, -0.15) is 0 Å². The van der Waals surface area contributed by atoms with Crippen LogP contribution in [0.3, 0.4) is 0 Å². The molecule has 0 atom stereocenters. The van der Waals surface area contributed by atoms with Crippen molar-refractivity contribution in [2.75, 3.05) is 0 Å². The Kier molecular flexibility index (Phi) is 3.48. The number of hydrogen-bond donors (Lipinski definition) is 1. The van der Waals surface area contributed by atoms with Crippen LogP contribution in [-0.2, 0) is 0 Å². The van der Waals surface area contributed by atoms with Crippen molar-refractivity contribution in [3.63, 3.8) is 0 Å². The maximum absolute atomic E-state index is 10.5. The summed E-state index contributed by atoms with van der Waals surface area (Å²) in [5.41, 5.74) is 0. The average molecular weight is 249 g/mol. The standard InChI is InChI=1S/C7H5BrOS2/c8-5-1-3-6(4-2-5)11-7(9)10/h1-4H,(H,9,10). The molecule has 0 aliphatic heterocycles. The maximum atomic E-state index is 10.5. The lowest BCUT2D eigenvalue weighted by atomic mass is 10.4. The van der Waals surface area contributed by atoms with E-state index in [0.717, 1.165) is 21.1 Å². The number of thiol groups is 1. The Hall–Kier alpha value is 0.0700. The first-order valence-corrected chi connectivity index (χ1v) is 4.90. The van der Waals surface area contributed by atoms with E-state index >= 15 is 0 Å². The van der Waals surface area contributed by atoms with Gasteiger partial charge in [-0.15, -0.1) is 0 Å². The lowest BCUT2D eigenvalue weighted by Crippen LogP contribution is -1.74. The van der Waals surface area contributed by atoms with Gasteiger partial charge in [-0.3, -0.25) is 4.79 Å². The fourth-order valence-corrected chi connectivity index (χ4v) is 1.66. The minimum Gasteiger partial charge on any atom is -0.274 e. The fraction of sp³-hybridized carbons (Fsp3) is 0. The molecule has 0 N–H and O–H groups in total. The molecule has 4 heteroatoms. The molecule has 58 valence electrons. The van der Waals surface area contributed by atoms with Gasteiger partial charge in [0.25, 0.3) is 0 Å². The number of benzene rings is 1. The van der Waals surface area contributed by atoms with E-state index in [-0.39, 0.29) is 4.45 Å². The minimum absolute atomic E-state index is 0.188. The van der Waals surface area contributed by atoms with Crippen molar-refractivity contribution < 1.29 is 4.79 Å². The predicted octanol–water partition coefficient (Wildman–Crippen LogP) is 3.59. The third-order valence-corrected chi connectivity index (χ3v) is 2.50. The average Bonchev–Trinajstić information content (AvgIpc) is 1.93. The monoisotopic (exact) mass is 248 g/mol. The van der Waals surface area contributed by atoms with Gasteiger partial charge in [0.15, 0.2) is 0 Å². The van der Waals surface area contributed by atoms with Gasteiger partial charge in [-0.25, -0.2) is 0 Å². The van der Waals surface area contributed by atoms with Crippen molar-refractivity contribution in [2.24, 2.45) is 0 Å². The molecule has 0 spiro atoms. The van der Waals surface area contributed by atoms with Crippen LogP contribution < -0.4 is 0 Å². The number of carbonyl (C=O) groups is 1. The molecule has 0 amide bonds. The molecule has 1 rings (SSSR count). The Bertz CT molecular complexity index is 258. The van der Waals surface area contributed by atoms with Crippen molar-refractivity contribution in [1.29, 1.82) is 0 Å². The van der Waals surface area contributed by atoms with Gasteiger partial charge in [0.2, 0.25) is 4.45 Å². The smallest absolute Gasteiger partial charge is 0.247 e. The number of thioether (sulfide) groups is 1. The molecule has 0 aliphatic carbocycles. The van der Waals surface area contributed by atoms with E-state index in [9.17, 15) is 4.79 Å². The van der Waals surface area contributed by atoms with Crippen molar-refractivity contribution in [3.8, 4) is 0 Å². The van der Waals surface area contributed by atoms with Gasteiger partial charge in [-0.1, -0.05) is 28.6 Å². The van der Waals surface area contributed by atoms with Gasteiger partial charge >= 0.3 is 0 Å². The summed E-state index contributed by atoms with van der Waals surface area (Å²) in [5.74, 6) is 0. The van der Waals surface area contributed by atoms with Crippen LogP contribution in [0.1, 0.15) is 0 Å². The van der Waals surface area contributed by atoms with E-state index in [2.05, 4.69) is 28.6 Å². The summed E-state index contributed by atoms with van der Waals surface area (Å²) >= 11 is 8.06. The molecule has 0 radical (unpaired) electrons. The van der Waals surface area contributed by atoms with E-state index < -0.39 is 0 Å². The number of halogens is 1. The first-order valence-electron chi connectivity index (χ1n) is 2.85. The van der Waals surface area contributed by atoms with Gasteiger partial charge < -0.3 is 0 Å². The molecule has 0 aromatic heterocycles. The molecule has 1 aromatic rings. The largest absolute Gasteiger partial charge is 0.274 e. The summed E-state index contributed by atoms with van der Waals surface area (Å²) in [6.07, 6.45) is 0. The van der Waals surface area contributed by atoms with Gasteiger partial charge in [0, 0.05) is 9.37 Å². The third-order valence-electron chi connectivity index (χ3n) is 1.02.